The first-order valence-corrected chi connectivity index (χ1v) is 8.76. The van der Waals surface area contributed by atoms with Gasteiger partial charge in [0.2, 0.25) is 0 Å². The minimum Gasteiger partial charge on any atom is -0.415 e. The molecule has 0 aromatic heterocycles. The molecular formula is C14H9ClF3NO6S. The SMILES string of the molecule is O=C1Nc2cc(OS(=O)(=O)O)c(Cl)cc2[C@@](C#CC2CC2)(C(F)(F)F)O1. The highest BCUT2D eigenvalue weighted by Crippen LogP contribution is 2.49. The number of hydrogen-bond acceptors (Lipinski definition) is 5. The summed E-state index contributed by atoms with van der Waals surface area (Å²) in [4.78, 5) is 11.7. The van der Waals surface area contributed by atoms with Gasteiger partial charge in [-0.2, -0.15) is 21.6 Å². The molecule has 2 aliphatic rings. The molecule has 1 aromatic rings. The third kappa shape index (κ3) is 3.53. The molecule has 0 radical (unpaired) electrons. The average molecular weight is 412 g/mol. The van der Waals surface area contributed by atoms with E-state index in [-0.39, 0.29) is 5.92 Å². The summed E-state index contributed by atoms with van der Waals surface area (Å²) in [7, 11) is -4.99. The van der Waals surface area contributed by atoms with Gasteiger partial charge in [0.15, 0.2) is 5.75 Å². The molecule has 26 heavy (non-hydrogen) atoms. The first-order valence-electron chi connectivity index (χ1n) is 7.01. The summed E-state index contributed by atoms with van der Waals surface area (Å²) in [6, 6.07) is 1.44. The number of alkyl halides is 3. The Labute approximate surface area is 150 Å². The maximum absolute atomic E-state index is 13.8. The number of nitrogens with one attached hydrogen (secondary N) is 1. The van der Waals surface area contributed by atoms with Crippen LogP contribution in [0.5, 0.6) is 5.75 Å². The minimum atomic E-state index is -5.10. The number of carbonyl (C=O) groups excluding carboxylic acids is 1. The van der Waals surface area contributed by atoms with E-state index in [0.29, 0.717) is 18.9 Å². The molecule has 0 unspecified atom stereocenters. The maximum Gasteiger partial charge on any atom is 0.446 e. The zero-order valence-electron chi connectivity index (χ0n) is 12.6. The molecule has 0 saturated heterocycles. The Morgan fingerprint density at radius 3 is 2.58 bits per heavy atom. The molecule has 1 heterocycles. The number of fused-ring (bicyclic) bond motifs is 1. The van der Waals surface area contributed by atoms with Crippen LogP contribution >= 0.6 is 11.6 Å². The first kappa shape index (κ1) is 18.6. The number of ether oxygens (including phenoxy) is 1. The number of carbonyl (C=O) groups is 1. The van der Waals surface area contributed by atoms with Crippen LogP contribution in [0.15, 0.2) is 12.1 Å². The number of anilines is 1. The van der Waals surface area contributed by atoms with E-state index in [9.17, 15) is 26.4 Å². The summed E-state index contributed by atoms with van der Waals surface area (Å²) in [5.74, 6) is 3.52. The van der Waals surface area contributed by atoms with Gasteiger partial charge in [-0.1, -0.05) is 17.5 Å². The second-order valence-corrected chi connectivity index (χ2v) is 7.01. The lowest BCUT2D eigenvalue weighted by atomic mass is 9.90. The first-order chi connectivity index (χ1) is 11.9. The van der Waals surface area contributed by atoms with Crippen LogP contribution in [0.4, 0.5) is 23.7 Å². The lowest BCUT2D eigenvalue weighted by molar-refractivity contribution is -0.239. The van der Waals surface area contributed by atoms with Crippen molar-refractivity contribution in [1.82, 2.24) is 0 Å². The Hall–Kier alpha value is -2.16. The van der Waals surface area contributed by atoms with Gasteiger partial charge in [-0.25, -0.2) is 4.79 Å². The van der Waals surface area contributed by atoms with Crippen molar-refractivity contribution < 1.29 is 39.9 Å². The van der Waals surface area contributed by atoms with Crippen molar-refractivity contribution in [3.63, 3.8) is 0 Å². The van der Waals surface area contributed by atoms with E-state index in [1.165, 1.54) is 0 Å². The molecule has 1 amide bonds. The van der Waals surface area contributed by atoms with Gasteiger partial charge < -0.3 is 8.92 Å². The van der Waals surface area contributed by atoms with Crippen LogP contribution in [0, 0.1) is 17.8 Å². The Kier molecular flexibility index (Phi) is 4.25. The van der Waals surface area contributed by atoms with Gasteiger partial charge in [0.1, 0.15) is 0 Å². The Morgan fingerprint density at radius 2 is 2.04 bits per heavy atom. The predicted molar refractivity (Wildman–Crippen MR) is 82.0 cm³/mol. The van der Waals surface area contributed by atoms with Crippen LogP contribution in [0.3, 0.4) is 0 Å². The van der Waals surface area contributed by atoms with E-state index in [2.05, 4.69) is 14.8 Å². The zero-order chi connectivity index (χ0) is 19.3. The summed E-state index contributed by atoms with van der Waals surface area (Å²) in [5, 5.41) is 1.43. The molecule has 12 heteroatoms. The smallest absolute Gasteiger partial charge is 0.415 e. The molecule has 3 rings (SSSR count). The van der Waals surface area contributed by atoms with Gasteiger partial charge in [0, 0.05) is 17.5 Å². The summed E-state index contributed by atoms with van der Waals surface area (Å²) in [6.45, 7) is 0. The quantitative estimate of drug-likeness (QED) is 0.572. The summed E-state index contributed by atoms with van der Waals surface area (Å²) < 4.78 is 80.5. The largest absolute Gasteiger partial charge is 0.446 e. The summed E-state index contributed by atoms with van der Waals surface area (Å²) in [6.07, 6.45) is -5.26. The van der Waals surface area contributed by atoms with E-state index in [4.69, 9.17) is 16.2 Å². The fourth-order valence-electron chi connectivity index (χ4n) is 2.26. The summed E-state index contributed by atoms with van der Waals surface area (Å²) >= 11 is 5.77. The fraction of sp³-hybridized carbons (Fsp3) is 0.357. The van der Waals surface area contributed by atoms with Crippen LogP contribution in [0.2, 0.25) is 5.02 Å². The van der Waals surface area contributed by atoms with Crippen LogP contribution in [-0.4, -0.2) is 25.2 Å². The van der Waals surface area contributed by atoms with E-state index in [0.717, 1.165) is 6.07 Å². The second-order valence-electron chi connectivity index (χ2n) is 5.58. The zero-order valence-corrected chi connectivity index (χ0v) is 14.1. The fourth-order valence-corrected chi connectivity index (χ4v) is 2.87. The molecule has 1 aliphatic heterocycles. The number of hydrogen-bond donors (Lipinski definition) is 2. The predicted octanol–water partition coefficient (Wildman–Crippen LogP) is 3.25. The minimum absolute atomic E-state index is 0.219. The van der Waals surface area contributed by atoms with Crippen molar-refractivity contribution in [3.8, 4) is 17.6 Å². The van der Waals surface area contributed by atoms with Crippen molar-refractivity contribution in [3.05, 3.63) is 22.7 Å². The van der Waals surface area contributed by atoms with Crippen LogP contribution < -0.4 is 9.50 Å². The number of rotatable bonds is 2. The monoisotopic (exact) mass is 411 g/mol. The van der Waals surface area contributed by atoms with E-state index in [1.807, 2.05) is 11.2 Å². The molecule has 140 valence electrons. The molecule has 1 fully saturated rings. The Morgan fingerprint density at radius 1 is 1.38 bits per heavy atom. The lowest BCUT2D eigenvalue weighted by Crippen LogP contribution is -2.49. The molecule has 0 spiro atoms. The molecule has 7 nitrogen and oxygen atoms in total. The van der Waals surface area contributed by atoms with Crippen molar-refractivity contribution >= 4 is 33.8 Å². The van der Waals surface area contributed by atoms with Crippen molar-refractivity contribution in [2.24, 2.45) is 5.92 Å². The number of amides is 1. The number of cyclic esters (lactones) is 1. The van der Waals surface area contributed by atoms with Gasteiger partial charge in [0.25, 0.3) is 5.60 Å². The van der Waals surface area contributed by atoms with Gasteiger partial charge in [0.05, 0.1) is 10.7 Å². The lowest BCUT2D eigenvalue weighted by Gasteiger charge is -2.36. The van der Waals surface area contributed by atoms with Crippen LogP contribution in [-0.2, 0) is 20.7 Å². The standard InChI is InChI=1S/C14H9ClF3NO6S/c15-9-5-8-10(6-11(9)25-26(21,22)23)19-12(20)24-13(8,14(16,17)18)4-3-7-1-2-7/h5-7H,1-2H2,(H,19,20)(H,21,22,23)/t13-/m0/s1. The second kappa shape index (κ2) is 5.94. The number of benzene rings is 1. The highest BCUT2D eigenvalue weighted by atomic mass is 35.5. The molecule has 1 aromatic carbocycles. The maximum atomic E-state index is 13.8. The normalized spacial score (nSPS) is 22.4. The summed E-state index contributed by atoms with van der Waals surface area (Å²) in [5.41, 5.74) is -4.37. The number of halogens is 4. The van der Waals surface area contributed by atoms with E-state index in [1.54, 1.807) is 0 Å². The molecule has 1 atom stereocenters. The molecule has 1 aliphatic carbocycles. The van der Waals surface area contributed by atoms with E-state index < -0.39 is 50.3 Å². The topological polar surface area (TPSA) is 102 Å². The Balaban J connectivity index is 2.20. The van der Waals surface area contributed by atoms with Crippen LogP contribution in [0.25, 0.3) is 0 Å². The molecular weight excluding hydrogens is 403 g/mol. The highest BCUT2D eigenvalue weighted by Gasteiger charge is 2.62. The molecule has 0 bridgehead atoms. The van der Waals surface area contributed by atoms with Gasteiger partial charge >= 0.3 is 22.7 Å². The molecule has 2 N–H and O–H groups in total. The Bertz CT molecular complexity index is 948. The third-order valence-corrected chi connectivity index (χ3v) is 4.24. The third-order valence-electron chi connectivity index (χ3n) is 3.56. The van der Waals surface area contributed by atoms with Gasteiger partial charge in [-0.3, -0.25) is 9.87 Å². The molecule has 1 saturated carbocycles. The average Bonchev–Trinajstić information content (AvgIpc) is 3.27. The van der Waals surface area contributed by atoms with Gasteiger partial charge in [-0.05, 0) is 24.8 Å². The van der Waals surface area contributed by atoms with E-state index >= 15 is 0 Å². The van der Waals surface area contributed by atoms with Crippen molar-refractivity contribution in [2.45, 2.75) is 24.6 Å². The van der Waals surface area contributed by atoms with Crippen LogP contribution in [0.1, 0.15) is 18.4 Å². The van der Waals surface area contributed by atoms with Gasteiger partial charge in [-0.15, -0.1) is 0 Å². The van der Waals surface area contributed by atoms with Crippen molar-refractivity contribution in [1.29, 1.82) is 0 Å². The highest BCUT2D eigenvalue weighted by molar-refractivity contribution is 7.81. The van der Waals surface area contributed by atoms with Crippen molar-refractivity contribution in [2.75, 3.05) is 5.32 Å².